The van der Waals surface area contributed by atoms with Crippen molar-refractivity contribution in [1.29, 1.82) is 0 Å². The molecule has 3 aliphatic rings. The minimum Gasteiger partial charge on any atom is -0.368 e. The molecule has 0 aromatic heterocycles. The Balaban J connectivity index is 1.58. The van der Waals surface area contributed by atoms with E-state index >= 15 is 0 Å². The Kier molecular flexibility index (Phi) is 3.41. The van der Waals surface area contributed by atoms with Crippen LogP contribution in [0.3, 0.4) is 0 Å². The second-order valence-electron chi connectivity index (χ2n) is 6.47. The monoisotopic (exact) mass is 271 g/mol. The first kappa shape index (κ1) is 12.7. The first-order valence-corrected chi connectivity index (χ1v) is 8.22. The molecule has 1 N–H and O–H groups in total. The van der Waals surface area contributed by atoms with Crippen LogP contribution >= 0.6 is 0 Å². The van der Waals surface area contributed by atoms with Crippen LogP contribution in [0.15, 0.2) is 18.2 Å². The van der Waals surface area contributed by atoms with Crippen molar-refractivity contribution < 1.29 is 0 Å². The number of piperidine rings is 1. The molecular formula is C17H25N3. The molecule has 0 bridgehead atoms. The highest BCUT2D eigenvalue weighted by molar-refractivity contribution is 5.58. The molecule has 1 aromatic carbocycles. The third kappa shape index (κ3) is 2.23. The lowest BCUT2D eigenvalue weighted by atomic mass is 9.96. The number of piperazine rings is 1. The molecule has 3 heterocycles. The molecule has 4 rings (SSSR count). The van der Waals surface area contributed by atoms with Gasteiger partial charge in [-0.3, -0.25) is 4.90 Å². The van der Waals surface area contributed by atoms with Crippen LogP contribution in [0.25, 0.3) is 0 Å². The fourth-order valence-corrected chi connectivity index (χ4v) is 4.17. The van der Waals surface area contributed by atoms with Crippen molar-refractivity contribution in [3.63, 3.8) is 0 Å². The van der Waals surface area contributed by atoms with Crippen molar-refractivity contribution in [2.75, 3.05) is 37.6 Å². The maximum absolute atomic E-state index is 3.54. The summed E-state index contributed by atoms with van der Waals surface area (Å²) in [5.74, 6) is 0. The fourth-order valence-electron chi connectivity index (χ4n) is 4.17. The molecule has 1 aromatic rings. The van der Waals surface area contributed by atoms with Gasteiger partial charge in [-0.25, -0.2) is 0 Å². The largest absolute Gasteiger partial charge is 0.368 e. The standard InChI is InChI=1S/C17H25N3/c1-2-9-19-10-11-20(13-15(19)5-1)17-6-3-4-14-7-8-18-12-16(14)17/h3-4,6,15,18H,1-2,5,7-13H2. The number of rotatable bonds is 1. The third-order valence-corrected chi connectivity index (χ3v) is 5.30. The summed E-state index contributed by atoms with van der Waals surface area (Å²) in [6.45, 7) is 7.20. The zero-order chi connectivity index (χ0) is 13.4. The van der Waals surface area contributed by atoms with Gasteiger partial charge in [-0.05, 0) is 49.5 Å². The summed E-state index contributed by atoms with van der Waals surface area (Å²) < 4.78 is 0. The van der Waals surface area contributed by atoms with E-state index in [4.69, 9.17) is 0 Å². The van der Waals surface area contributed by atoms with E-state index in [0.29, 0.717) is 0 Å². The topological polar surface area (TPSA) is 18.5 Å². The second kappa shape index (κ2) is 5.38. The molecule has 0 radical (unpaired) electrons. The van der Waals surface area contributed by atoms with E-state index in [1.54, 1.807) is 11.1 Å². The van der Waals surface area contributed by atoms with Gasteiger partial charge in [-0.2, -0.15) is 0 Å². The molecule has 2 saturated heterocycles. The van der Waals surface area contributed by atoms with Crippen LogP contribution in [0.2, 0.25) is 0 Å². The first-order valence-electron chi connectivity index (χ1n) is 8.22. The molecule has 108 valence electrons. The molecule has 20 heavy (non-hydrogen) atoms. The Morgan fingerprint density at radius 1 is 1.10 bits per heavy atom. The summed E-state index contributed by atoms with van der Waals surface area (Å²) in [7, 11) is 0. The van der Waals surface area contributed by atoms with E-state index in [0.717, 1.165) is 19.1 Å². The van der Waals surface area contributed by atoms with Gasteiger partial charge in [0.25, 0.3) is 0 Å². The van der Waals surface area contributed by atoms with Crippen molar-refractivity contribution in [1.82, 2.24) is 10.2 Å². The molecule has 3 aliphatic heterocycles. The van der Waals surface area contributed by atoms with Crippen molar-refractivity contribution in [3.05, 3.63) is 29.3 Å². The number of anilines is 1. The van der Waals surface area contributed by atoms with E-state index in [1.165, 1.54) is 57.5 Å². The van der Waals surface area contributed by atoms with E-state index in [2.05, 4.69) is 33.3 Å². The summed E-state index contributed by atoms with van der Waals surface area (Å²) in [5, 5.41) is 3.54. The van der Waals surface area contributed by atoms with Gasteiger partial charge < -0.3 is 10.2 Å². The molecule has 0 saturated carbocycles. The molecule has 0 amide bonds. The van der Waals surface area contributed by atoms with Gasteiger partial charge in [-0.1, -0.05) is 18.6 Å². The van der Waals surface area contributed by atoms with Crippen LogP contribution in [0.5, 0.6) is 0 Å². The molecule has 0 aliphatic carbocycles. The van der Waals surface area contributed by atoms with Crippen molar-refractivity contribution in [2.24, 2.45) is 0 Å². The van der Waals surface area contributed by atoms with Crippen molar-refractivity contribution in [3.8, 4) is 0 Å². The van der Waals surface area contributed by atoms with Gasteiger partial charge >= 0.3 is 0 Å². The minimum atomic E-state index is 0.796. The lowest BCUT2D eigenvalue weighted by Crippen LogP contribution is -2.55. The molecule has 1 unspecified atom stereocenters. The van der Waals surface area contributed by atoms with E-state index < -0.39 is 0 Å². The van der Waals surface area contributed by atoms with Gasteiger partial charge in [0.2, 0.25) is 0 Å². The van der Waals surface area contributed by atoms with Crippen LogP contribution < -0.4 is 10.2 Å². The second-order valence-corrected chi connectivity index (χ2v) is 6.47. The average Bonchev–Trinajstić information content (AvgIpc) is 2.54. The van der Waals surface area contributed by atoms with E-state index in [-0.39, 0.29) is 0 Å². The molecule has 0 spiro atoms. The van der Waals surface area contributed by atoms with Crippen LogP contribution in [0, 0.1) is 0 Å². The third-order valence-electron chi connectivity index (χ3n) is 5.30. The number of nitrogens with zero attached hydrogens (tertiary/aromatic N) is 2. The van der Waals surface area contributed by atoms with Gasteiger partial charge in [0, 0.05) is 37.9 Å². The predicted octanol–water partition coefficient (Wildman–Crippen LogP) is 2.01. The Hall–Kier alpha value is -1.06. The predicted molar refractivity (Wildman–Crippen MR) is 83.3 cm³/mol. The maximum atomic E-state index is 3.54. The normalized spacial score (nSPS) is 27.0. The number of nitrogens with one attached hydrogen (secondary N) is 1. The van der Waals surface area contributed by atoms with E-state index in [9.17, 15) is 0 Å². The number of benzene rings is 1. The van der Waals surface area contributed by atoms with Crippen LogP contribution in [-0.2, 0) is 13.0 Å². The van der Waals surface area contributed by atoms with Gasteiger partial charge in [0.1, 0.15) is 0 Å². The Morgan fingerprint density at radius 2 is 2.10 bits per heavy atom. The lowest BCUT2D eigenvalue weighted by molar-refractivity contribution is 0.133. The van der Waals surface area contributed by atoms with Crippen molar-refractivity contribution >= 4 is 5.69 Å². The molecule has 2 fully saturated rings. The summed E-state index contributed by atoms with van der Waals surface area (Å²) in [6.07, 6.45) is 5.40. The van der Waals surface area contributed by atoms with Crippen molar-refractivity contribution in [2.45, 2.75) is 38.3 Å². The Bertz CT molecular complexity index is 485. The number of hydrogen-bond donors (Lipinski definition) is 1. The van der Waals surface area contributed by atoms with Crippen LogP contribution in [0.4, 0.5) is 5.69 Å². The molecule has 1 atom stereocenters. The number of fused-ring (bicyclic) bond motifs is 2. The highest BCUT2D eigenvalue weighted by Gasteiger charge is 2.30. The van der Waals surface area contributed by atoms with Crippen LogP contribution in [0.1, 0.15) is 30.4 Å². The fraction of sp³-hybridized carbons (Fsp3) is 0.647. The summed E-state index contributed by atoms with van der Waals surface area (Å²) in [6, 6.07) is 7.71. The quantitative estimate of drug-likeness (QED) is 0.843. The summed E-state index contributed by atoms with van der Waals surface area (Å²) in [5.41, 5.74) is 4.62. The Labute approximate surface area is 121 Å². The molecular weight excluding hydrogens is 246 g/mol. The molecule has 3 heteroatoms. The highest BCUT2D eigenvalue weighted by atomic mass is 15.3. The van der Waals surface area contributed by atoms with E-state index in [1.807, 2.05) is 0 Å². The van der Waals surface area contributed by atoms with Gasteiger partial charge in [0.15, 0.2) is 0 Å². The average molecular weight is 271 g/mol. The zero-order valence-corrected chi connectivity index (χ0v) is 12.3. The first-order chi connectivity index (χ1) is 9.92. The summed E-state index contributed by atoms with van der Waals surface area (Å²) in [4.78, 5) is 5.37. The summed E-state index contributed by atoms with van der Waals surface area (Å²) >= 11 is 0. The SMILES string of the molecule is c1cc2c(c(N3CCN4CCCCC4C3)c1)CNCC2. The lowest BCUT2D eigenvalue weighted by Gasteiger charge is -2.45. The smallest absolute Gasteiger partial charge is 0.0415 e. The zero-order valence-electron chi connectivity index (χ0n) is 12.3. The number of hydrogen-bond acceptors (Lipinski definition) is 3. The minimum absolute atomic E-state index is 0.796. The van der Waals surface area contributed by atoms with Gasteiger partial charge in [-0.15, -0.1) is 0 Å². The van der Waals surface area contributed by atoms with Gasteiger partial charge in [0.05, 0.1) is 0 Å². The molecule has 3 nitrogen and oxygen atoms in total. The highest BCUT2D eigenvalue weighted by Crippen LogP contribution is 2.30. The van der Waals surface area contributed by atoms with Crippen LogP contribution in [-0.4, -0.2) is 43.7 Å². The maximum Gasteiger partial charge on any atom is 0.0415 e. The Morgan fingerprint density at radius 3 is 3.10 bits per heavy atom.